The Morgan fingerprint density at radius 2 is 1.94 bits per heavy atom. The predicted molar refractivity (Wildman–Crippen MR) is 66.5 cm³/mol. The third kappa shape index (κ3) is 6.08. The van der Waals surface area contributed by atoms with Gasteiger partial charge in [-0.1, -0.05) is 0 Å². The SMILES string of the molecule is CNCCCC(=O)NCCCN1CCCC1. The van der Waals surface area contributed by atoms with Crippen LogP contribution in [0.2, 0.25) is 0 Å². The van der Waals surface area contributed by atoms with E-state index in [9.17, 15) is 4.79 Å². The molecule has 4 heteroatoms. The van der Waals surface area contributed by atoms with Crippen molar-refractivity contribution < 1.29 is 4.79 Å². The largest absolute Gasteiger partial charge is 0.356 e. The molecule has 1 fully saturated rings. The lowest BCUT2D eigenvalue weighted by Gasteiger charge is -2.14. The second-order valence-electron chi connectivity index (χ2n) is 4.46. The van der Waals surface area contributed by atoms with Crippen LogP contribution in [0, 0.1) is 0 Å². The van der Waals surface area contributed by atoms with Crippen molar-refractivity contribution in [2.24, 2.45) is 0 Å². The maximum Gasteiger partial charge on any atom is 0.220 e. The maximum absolute atomic E-state index is 11.4. The third-order valence-corrected chi connectivity index (χ3v) is 3.00. The van der Waals surface area contributed by atoms with Crippen molar-refractivity contribution in [1.82, 2.24) is 15.5 Å². The first-order valence-corrected chi connectivity index (χ1v) is 6.46. The number of nitrogens with one attached hydrogen (secondary N) is 2. The second-order valence-corrected chi connectivity index (χ2v) is 4.46. The number of hydrogen-bond acceptors (Lipinski definition) is 3. The minimum atomic E-state index is 0.191. The summed E-state index contributed by atoms with van der Waals surface area (Å²) in [6.45, 7) is 5.37. The van der Waals surface area contributed by atoms with Crippen molar-refractivity contribution >= 4 is 5.91 Å². The predicted octanol–water partition coefficient (Wildman–Crippen LogP) is 0.588. The summed E-state index contributed by atoms with van der Waals surface area (Å²) in [4.78, 5) is 13.8. The Morgan fingerprint density at radius 3 is 2.62 bits per heavy atom. The van der Waals surface area contributed by atoms with Gasteiger partial charge in [0.05, 0.1) is 0 Å². The van der Waals surface area contributed by atoms with Gasteiger partial charge >= 0.3 is 0 Å². The fourth-order valence-corrected chi connectivity index (χ4v) is 2.05. The molecule has 1 saturated heterocycles. The van der Waals surface area contributed by atoms with Crippen LogP contribution in [0.5, 0.6) is 0 Å². The number of hydrogen-bond donors (Lipinski definition) is 2. The molecule has 0 bridgehead atoms. The molecule has 1 heterocycles. The molecular weight excluding hydrogens is 202 g/mol. The summed E-state index contributed by atoms with van der Waals surface area (Å²) in [5, 5.41) is 6.01. The molecule has 0 radical (unpaired) electrons. The minimum Gasteiger partial charge on any atom is -0.356 e. The van der Waals surface area contributed by atoms with Gasteiger partial charge in [-0.2, -0.15) is 0 Å². The van der Waals surface area contributed by atoms with Gasteiger partial charge in [0.25, 0.3) is 0 Å². The van der Waals surface area contributed by atoms with Crippen molar-refractivity contribution in [1.29, 1.82) is 0 Å². The lowest BCUT2D eigenvalue weighted by Crippen LogP contribution is -2.28. The van der Waals surface area contributed by atoms with Gasteiger partial charge in [-0.05, 0) is 58.9 Å². The Labute approximate surface area is 98.8 Å². The summed E-state index contributed by atoms with van der Waals surface area (Å²) in [5.41, 5.74) is 0. The number of nitrogens with zero attached hydrogens (tertiary/aromatic N) is 1. The highest BCUT2D eigenvalue weighted by Crippen LogP contribution is 2.06. The van der Waals surface area contributed by atoms with E-state index >= 15 is 0 Å². The van der Waals surface area contributed by atoms with E-state index in [1.807, 2.05) is 7.05 Å². The summed E-state index contributed by atoms with van der Waals surface area (Å²) in [6, 6.07) is 0. The number of amides is 1. The van der Waals surface area contributed by atoms with Crippen LogP contribution in [0.1, 0.15) is 32.1 Å². The molecule has 1 rings (SSSR count). The molecular formula is C12H25N3O. The van der Waals surface area contributed by atoms with Gasteiger partial charge in [0.15, 0.2) is 0 Å². The summed E-state index contributed by atoms with van der Waals surface area (Å²) in [6.07, 6.45) is 5.34. The molecule has 1 amide bonds. The molecule has 16 heavy (non-hydrogen) atoms. The van der Waals surface area contributed by atoms with E-state index < -0.39 is 0 Å². The topological polar surface area (TPSA) is 44.4 Å². The molecule has 0 aromatic heterocycles. The Kier molecular flexibility index (Phi) is 7.17. The van der Waals surface area contributed by atoms with Gasteiger partial charge in [-0.3, -0.25) is 4.79 Å². The molecule has 94 valence electrons. The van der Waals surface area contributed by atoms with Crippen LogP contribution < -0.4 is 10.6 Å². The first-order valence-electron chi connectivity index (χ1n) is 6.46. The van der Waals surface area contributed by atoms with Crippen LogP contribution in [-0.4, -0.2) is 50.6 Å². The number of carbonyl (C=O) groups excluding carboxylic acids is 1. The van der Waals surface area contributed by atoms with E-state index in [0.29, 0.717) is 6.42 Å². The highest BCUT2D eigenvalue weighted by molar-refractivity contribution is 5.75. The van der Waals surface area contributed by atoms with Crippen LogP contribution in [-0.2, 0) is 4.79 Å². The van der Waals surface area contributed by atoms with Gasteiger partial charge in [0.2, 0.25) is 5.91 Å². The average Bonchev–Trinajstić information content (AvgIpc) is 2.78. The van der Waals surface area contributed by atoms with Crippen molar-refractivity contribution in [3.8, 4) is 0 Å². The van der Waals surface area contributed by atoms with E-state index in [1.165, 1.54) is 25.9 Å². The second kappa shape index (κ2) is 8.53. The van der Waals surface area contributed by atoms with E-state index in [1.54, 1.807) is 0 Å². The Morgan fingerprint density at radius 1 is 1.19 bits per heavy atom. The summed E-state index contributed by atoms with van der Waals surface area (Å²) >= 11 is 0. The van der Waals surface area contributed by atoms with Crippen molar-refractivity contribution in [3.63, 3.8) is 0 Å². The van der Waals surface area contributed by atoms with Crippen molar-refractivity contribution in [2.45, 2.75) is 32.1 Å². The fraction of sp³-hybridized carbons (Fsp3) is 0.917. The fourth-order valence-electron chi connectivity index (χ4n) is 2.05. The van der Waals surface area contributed by atoms with Gasteiger partial charge in [-0.15, -0.1) is 0 Å². The lowest BCUT2D eigenvalue weighted by molar-refractivity contribution is -0.121. The molecule has 0 aromatic rings. The normalized spacial score (nSPS) is 16.6. The lowest BCUT2D eigenvalue weighted by atomic mass is 10.3. The standard InChI is InChI=1S/C12H25N3O/c1-13-7-4-6-12(16)14-8-5-11-15-9-2-3-10-15/h13H,2-11H2,1H3,(H,14,16). The van der Waals surface area contributed by atoms with Crippen molar-refractivity contribution in [2.75, 3.05) is 39.8 Å². The van der Waals surface area contributed by atoms with Gasteiger partial charge in [0.1, 0.15) is 0 Å². The molecule has 0 aromatic carbocycles. The van der Waals surface area contributed by atoms with Crippen LogP contribution >= 0.6 is 0 Å². The van der Waals surface area contributed by atoms with E-state index in [4.69, 9.17) is 0 Å². The molecule has 1 aliphatic heterocycles. The molecule has 0 atom stereocenters. The monoisotopic (exact) mass is 227 g/mol. The highest BCUT2D eigenvalue weighted by Gasteiger charge is 2.10. The average molecular weight is 227 g/mol. The third-order valence-electron chi connectivity index (χ3n) is 3.00. The Hall–Kier alpha value is -0.610. The molecule has 2 N–H and O–H groups in total. The Bertz CT molecular complexity index is 191. The van der Waals surface area contributed by atoms with Gasteiger partial charge in [-0.25, -0.2) is 0 Å². The number of carbonyl (C=O) groups is 1. The van der Waals surface area contributed by atoms with Crippen molar-refractivity contribution in [3.05, 3.63) is 0 Å². The van der Waals surface area contributed by atoms with Crippen LogP contribution in [0.3, 0.4) is 0 Å². The molecule has 1 aliphatic rings. The minimum absolute atomic E-state index is 0.191. The van der Waals surface area contributed by atoms with Crippen LogP contribution in [0.4, 0.5) is 0 Å². The maximum atomic E-state index is 11.4. The molecule has 0 unspecified atom stereocenters. The highest BCUT2D eigenvalue weighted by atomic mass is 16.1. The number of likely N-dealkylation sites (tertiary alicyclic amines) is 1. The summed E-state index contributed by atoms with van der Waals surface area (Å²) < 4.78 is 0. The Balaban J connectivity index is 1.87. The molecule has 4 nitrogen and oxygen atoms in total. The summed E-state index contributed by atoms with van der Waals surface area (Å²) in [7, 11) is 1.91. The van der Waals surface area contributed by atoms with Crippen LogP contribution in [0.15, 0.2) is 0 Å². The zero-order chi connectivity index (χ0) is 11.6. The summed E-state index contributed by atoms with van der Waals surface area (Å²) in [5.74, 6) is 0.191. The van der Waals surface area contributed by atoms with Gasteiger partial charge < -0.3 is 15.5 Å². The van der Waals surface area contributed by atoms with E-state index in [0.717, 1.165) is 32.5 Å². The van der Waals surface area contributed by atoms with E-state index in [2.05, 4.69) is 15.5 Å². The molecule has 0 saturated carbocycles. The van der Waals surface area contributed by atoms with Gasteiger partial charge in [0, 0.05) is 13.0 Å². The van der Waals surface area contributed by atoms with Crippen LogP contribution in [0.25, 0.3) is 0 Å². The zero-order valence-electron chi connectivity index (χ0n) is 10.4. The molecule has 0 spiro atoms. The first kappa shape index (κ1) is 13.5. The molecule has 0 aliphatic carbocycles. The smallest absolute Gasteiger partial charge is 0.220 e. The number of rotatable bonds is 8. The zero-order valence-corrected chi connectivity index (χ0v) is 10.4. The quantitative estimate of drug-likeness (QED) is 0.597. The van der Waals surface area contributed by atoms with E-state index in [-0.39, 0.29) is 5.91 Å². The first-order chi connectivity index (χ1) is 7.83.